The first-order valence-electron chi connectivity index (χ1n) is 12.3. The van der Waals surface area contributed by atoms with Gasteiger partial charge >= 0.3 is 5.97 Å². The van der Waals surface area contributed by atoms with Crippen LogP contribution in [0.2, 0.25) is 0 Å². The lowest BCUT2D eigenvalue weighted by Gasteiger charge is -2.38. The molecule has 4 aromatic carbocycles. The van der Waals surface area contributed by atoms with Crippen molar-refractivity contribution in [2.45, 2.75) is 18.8 Å². The molecule has 200 valence electrons. The Morgan fingerprint density at radius 2 is 1.20 bits per heavy atom. The normalized spacial score (nSPS) is 16.9. The van der Waals surface area contributed by atoms with Crippen LogP contribution in [-0.2, 0) is 0 Å². The number of aromatic hydroxyl groups is 4. The molecule has 0 saturated carbocycles. The summed E-state index contributed by atoms with van der Waals surface area (Å²) in [6, 6.07) is 12.7. The van der Waals surface area contributed by atoms with E-state index < -0.39 is 35.1 Å². The van der Waals surface area contributed by atoms with Crippen LogP contribution in [0.1, 0.15) is 81.9 Å². The Balaban J connectivity index is 1.80. The van der Waals surface area contributed by atoms with Crippen LogP contribution in [0.5, 0.6) is 28.7 Å². The minimum atomic E-state index is -1.33. The molecule has 0 aromatic heterocycles. The summed E-state index contributed by atoms with van der Waals surface area (Å²) in [5.74, 6) is -5.87. The van der Waals surface area contributed by atoms with Gasteiger partial charge in [-0.3, -0.25) is 9.59 Å². The number of fused-ring (bicyclic) bond motifs is 4. The molecule has 0 radical (unpaired) electrons. The van der Waals surface area contributed by atoms with Gasteiger partial charge in [-0.2, -0.15) is 0 Å². The monoisotopic (exact) mass is 538 g/mol. The number of benzene rings is 4. The zero-order chi connectivity index (χ0) is 28.6. The second kappa shape index (κ2) is 8.60. The standard InChI is InChI=1S/C31H22O9/c1-12-6-16-24(18-10-14(40-2)11-22(35)28(18)30(37)26(16)20(33)7-12)23-15-4-3-5-19(32)25(15)29(36)27-17(23)8-13(31(38)39)9-21(27)34/h3-11,23-24,32-35H,1-2H3,(H,38,39)/t23-,24+/m0/s1. The SMILES string of the molecule is COc1cc(O)c2c(c1)[C@H]([C@H]1c3cccc(O)c3C(=O)c3c(O)cc(C(=O)O)cc31)c1cc(C)cc(O)c1C2=O. The fraction of sp³-hybridized carbons (Fsp3) is 0.129. The summed E-state index contributed by atoms with van der Waals surface area (Å²) >= 11 is 0. The van der Waals surface area contributed by atoms with Crippen molar-refractivity contribution in [3.05, 3.63) is 110 Å². The summed E-state index contributed by atoms with van der Waals surface area (Å²) in [5, 5.41) is 53.4. The number of hydrogen-bond donors (Lipinski definition) is 5. The molecular weight excluding hydrogens is 516 g/mol. The van der Waals surface area contributed by atoms with Gasteiger partial charge in [-0.15, -0.1) is 0 Å². The van der Waals surface area contributed by atoms with Crippen molar-refractivity contribution in [1.29, 1.82) is 0 Å². The number of carboxylic acid groups (broad SMARTS) is 1. The van der Waals surface area contributed by atoms with Gasteiger partial charge in [0.1, 0.15) is 28.7 Å². The molecule has 2 aliphatic rings. The molecule has 0 fully saturated rings. The highest BCUT2D eigenvalue weighted by atomic mass is 16.5. The van der Waals surface area contributed by atoms with Crippen LogP contribution in [0.25, 0.3) is 0 Å². The molecule has 2 aliphatic carbocycles. The van der Waals surface area contributed by atoms with E-state index in [-0.39, 0.29) is 56.4 Å². The van der Waals surface area contributed by atoms with Crippen LogP contribution in [0.4, 0.5) is 0 Å². The number of hydrogen-bond acceptors (Lipinski definition) is 8. The molecule has 0 saturated heterocycles. The maximum atomic E-state index is 13.7. The van der Waals surface area contributed by atoms with E-state index in [0.717, 1.165) is 6.07 Å². The van der Waals surface area contributed by atoms with Crippen molar-refractivity contribution >= 4 is 17.5 Å². The van der Waals surface area contributed by atoms with Gasteiger partial charge < -0.3 is 30.3 Å². The highest BCUT2D eigenvalue weighted by Gasteiger charge is 2.46. The Bertz CT molecular complexity index is 1820. The Morgan fingerprint density at radius 1 is 0.675 bits per heavy atom. The molecule has 0 unspecified atom stereocenters. The van der Waals surface area contributed by atoms with Crippen LogP contribution in [0, 0.1) is 6.92 Å². The van der Waals surface area contributed by atoms with E-state index in [4.69, 9.17) is 4.74 Å². The maximum Gasteiger partial charge on any atom is 0.335 e. The van der Waals surface area contributed by atoms with Crippen LogP contribution in [-0.4, -0.2) is 50.2 Å². The maximum absolute atomic E-state index is 13.7. The molecule has 6 rings (SSSR count). The van der Waals surface area contributed by atoms with E-state index in [9.17, 15) is 39.9 Å². The van der Waals surface area contributed by atoms with Gasteiger partial charge in [-0.1, -0.05) is 18.2 Å². The van der Waals surface area contributed by atoms with E-state index in [1.807, 2.05) is 0 Å². The van der Waals surface area contributed by atoms with Crippen LogP contribution in [0.15, 0.2) is 54.6 Å². The largest absolute Gasteiger partial charge is 0.507 e. The topological polar surface area (TPSA) is 162 Å². The predicted molar refractivity (Wildman–Crippen MR) is 141 cm³/mol. The van der Waals surface area contributed by atoms with Crippen LogP contribution >= 0.6 is 0 Å². The Kier molecular flexibility index (Phi) is 5.38. The molecular formula is C31H22O9. The predicted octanol–water partition coefficient (Wildman–Crippen LogP) is 4.58. The van der Waals surface area contributed by atoms with Gasteiger partial charge in [-0.05, 0) is 65.1 Å². The molecule has 40 heavy (non-hydrogen) atoms. The third-order valence-electron chi connectivity index (χ3n) is 7.70. The number of phenols is 4. The zero-order valence-electron chi connectivity index (χ0n) is 21.2. The number of aryl methyl sites for hydroxylation is 1. The molecule has 0 amide bonds. The van der Waals surface area contributed by atoms with Gasteiger partial charge in [-0.25, -0.2) is 4.79 Å². The van der Waals surface area contributed by atoms with Gasteiger partial charge in [0.05, 0.1) is 34.9 Å². The second-order valence-corrected chi connectivity index (χ2v) is 9.98. The van der Waals surface area contributed by atoms with E-state index >= 15 is 0 Å². The number of ketones is 2. The minimum Gasteiger partial charge on any atom is -0.507 e. The lowest BCUT2D eigenvalue weighted by Crippen LogP contribution is -2.30. The average molecular weight is 539 g/mol. The van der Waals surface area contributed by atoms with Crippen molar-refractivity contribution < 1.29 is 44.7 Å². The lowest BCUT2D eigenvalue weighted by molar-refractivity contribution is 0.0695. The quantitative estimate of drug-likeness (QED) is 0.251. The zero-order valence-corrected chi connectivity index (χ0v) is 21.2. The fourth-order valence-corrected chi connectivity index (χ4v) is 6.15. The molecule has 2 atom stereocenters. The average Bonchev–Trinajstić information content (AvgIpc) is 2.88. The first-order valence-corrected chi connectivity index (χ1v) is 12.3. The molecule has 0 bridgehead atoms. The number of carbonyl (C=O) groups is 3. The lowest BCUT2D eigenvalue weighted by atomic mass is 9.63. The van der Waals surface area contributed by atoms with Crippen molar-refractivity contribution in [3.8, 4) is 28.7 Å². The van der Waals surface area contributed by atoms with Crippen LogP contribution in [0.3, 0.4) is 0 Å². The summed E-state index contributed by atoms with van der Waals surface area (Å²) < 4.78 is 5.38. The Labute approximate surface area is 227 Å². The number of aromatic carboxylic acids is 1. The Hall–Kier alpha value is -5.31. The highest BCUT2D eigenvalue weighted by molar-refractivity contribution is 6.18. The number of phenolic OH excluding ortho intramolecular Hbond substituents is 4. The number of carbonyl (C=O) groups excluding carboxylic acids is 2. The van der Waals surface area contributed by atoms with Gasteiger partial charge in [0.2, 0.25) is 11.6 Å². The van der Waals surface area contributed by atoms with Gasteiger partial charge in [0.15, 0.2) is 0 Å². The number of carboxylic acids is 1. The summed E-state index contributed by atoms with van der Waals surface area (Å²) in [4.78, 5) is 39.4. The molecule has 5 N–H and O–H groups in total. The first-order chi connectivity index (χ1) is 19.0. The van der Waals surface area contributed by atoms with E-state index in [1.165, 1.54) is 37.4 Å². The molecule has 4 aromatic rings. The summed E-state index contributed by atoms with van der Waals surface area (Å²) in [6.45, 7) is 1.73. The highest BCUT2D eigenvalue weighted by Crippen LogP contribution is 2.56. The summed E-state index contributed by atoms with van der Waals surface area (Å²) in [6.07, 6.45) is 0. The van der Waals surface area contributed by atoms with Crippen molar-refractivity contribution in [1.82, 2.24) is 0 Å². The third kappa shape index (κ3) is 3.37. The number of rotatable bonds is 3. The molecule has 0 aliphatic heterocycles. The van der Waals surface area contributed by atoms with Gasteiger partial charge in [0.25, 0.3) is 0 Å². The smallest absolute Gasteiger partial charge is 0.335 e. The number of methoxy groups -OCH3 is 1. The third-order valence-corrected chi connectivity index (χ3v) is 7.70. The molecule has 0 spiro atoms. The summed E-state index contributed by atoms with van der Waals surface area (Å²) in [7, 11) is 1.39. The number of ether oxygens (including phenoxy) is 1. The summed E-state index contributed by atoms with van der Waals surface area (Å²) in [5.41, 5.74) is 1.08. The molecule has 9 heteroatoms. The van der Waals surface area contributed by atoms with Crippen molar-refractivity contribution in [3.63, 3.8) is 0 Å². The van der Waals surface area contributed by atoms with Gasteiger partial charge in [0, 0.05) is 17.9 Å². The van der Waals surface area contributed by atoms with Crippen LogP contribution < -0.4 is 4.74 Å². The van der Waals surface area contributed by atoms with E-state index in [2.05, 4.69) is 0 Å². The van der Waals surface area contributed by atoms with Crippen molar-refractivity contribution in [2.75, 3.05) is 7.11 Å². The fourth-order valence-electron chi connectivity index (χ4n) is 6.15. The minimum absolute atomic E-state index is 0.0534. The van der Waals surface area contributed by atoms with E-state index in [1.54, 1.807) is 25.1 Å². The molecule has 0 heterocycles. The van der Waals surface area contributed by atoms with Crippen molar-refractivity contribution in [2.24, 2.45) is 0 Å². The first kappa shape index (κ1) is 25.0. The second-order valence-electron chi connectivity index (χ2n) is 9.98. The van der Waals surface area contributed by atoms with E-state index in [0.29, 0.717) is 22.3 Å². The Morgan fingerprint density at radius 3 is 1.82 bits per heavy atom. The molecule has 9 nitrogen and oxygen atoms in total.